The highest BCUT2D eigenvalue weighted by molar-refractivity contribution is 14.0. The topological polar surface area (TPSA) is 49.3 Å². The van der Waals surface area contributed by atoms with Gasteiger partial charge in [-0.05, 0) is 12.5 Å². The Kier molecular flexibility index (Phi) is 9.28. The standard InChI is InChI=1S/C18H26N4S.HI/c1-13(2)17-22-16(12-23-17)10-11-20-18(19-4)21-14(3)15-8-6-5-7-9-15;/h5-9,12-14H,10-11H2,1-4H3,(H2,19,20,21);1H. The summed E-state index contributed by atoms with van der Waals surface area (Å²) in [5.41, 5.74) is 2.40. The van der Waals surface area contributed by atoms with Crippen molar-refractivity contribution in [1.82, 2.24) is 15.6 Å². The van der Waals surface area contributed by atoms with Gasteiger partial charge in [0.05, 0.1) is 16.7 Å². The Balaban J connectivity index is 0.00000288. The van der Waals surface area contributed by atoms with Gasteiger partial charge in [0.1, 0.15) is 0 Å². The molecule has 0 spiro atoms. The van der Waals surface area contributed by atoms with Crippen LogP contribution in [0.4, 0.5) is 0 Å². The Hall–Kier alpha value is -1.15. The Labute approximate surface area is 166 Å². The lowest BCUT2D eigenvalue weighted by atomic mass is 10.1. The van der Waals surface area contributed by atoms with E-state index >= 15 is 0 Å². The number of hydrogen-bond acceptors (Lipinski definition) is 3. The minimum Gasteiger partial charge on any atom is -0.356 e. The van der Waals surface area contributed by atoms with E-state index in [4.69, 9.17) is 0 Å². The highest BCUT2D eigenvalue weighted by atomic mass is 127. The van der Waals surface area contributed by atoms with Crippen molar-refractivity contribution in [2.24, 2.45) is 4.99 Å². The van der Waals surface area contributed by atoms with E-state index in [1.54, 1.807) is 18.4 Å². The minimum absolute atomic E-state index is 0. The monoisotopic (exact) mass is 458 g/mol. The number of nitrogens with one attached hydrogen (secondary N) is 2. The second-order valence-corrected chi connectivity index (χ2v) is 6.75. The minimum atomic E-state index is 0. The van der Waals surface area contributed by atoms with Crippen molar-refractivity contribution in [2.75, 3.05) is 13.6 Å². The van der Waals surface area contributed by atoms with Crippen LogP contribution in [0.15, 0.2) is 40.7 Å². The van der Waals surface area contributed by atoms with Gasteiger partial charge >= 0.3 is 0 Å². The van der Waals surface area contributed by atoms with Crippen LogP contribution >= 0.6 is 35.3 Å². The van der Waals surface area contributed by atoms with Gasteiger partial charge in [-0.1, -0.05) is 44.2 Å². The van der Waals surface area contributed by atoms with Gasteiger partial charge in [0.15, 0.2) is 5.96 Å². The van der Waals surface area contributed by atoms with E-state index in [1.807, 2.05) is 6.07 Å². The van der Waals surface area contributed by atoms with Gasteiger partial charge in [0.2, 0.25) is 0 Å². The zero-order valence-electron chi connectivity index (χ0n) is 14.7. The molecule has 1 aromatic carbocycles. The SMILES string of the molecule is CN=C(NCCc1csc(C(C)C)n1)NC(C)c1ccccc1.I. The summed E-state index contributed by atoms with van der Waals surface area (Å²) in [4.78, 5) is 8.95. The van der Waals surface area contributed by atoms with E-state index < -0.39 is 0 Å². The molecule has 0 saturated carbocycles. The predicted molar refractivity (Wildman–Crippen MR) is 115 cm³/mol. The van der Waals surface area contributed by atoms with Crippen molar-refractivity contribution in [1.29, 1.82) is 0 Å². The molecule has 0 saturated heterocycles. The summed E-state index contributed by atoms with van der Waals surface area (Å²) >= 11 is 1.75. The number of rotatable bonds is 6. The van der Waals surface area contributed by atoms with Crippen molar-refractivity contribution in [3.8, 4) is 0 Å². The summed E-state index contributed by atoms with van der Waals surface area (Å²) in [6.07, 6.45) is 0.906. The molecule has 24 heavy (non-hydrogen) atoms. The lowest BCUT2D eigenvalue weighted by Gasteiger charge is -2.18. The number of aromatic nitrogens is 1. The van der Waals surface area contributed by atoms with Crippen molar-refractivity contribution in [3.63, 3.8) is 0 Å². The largest absolute Gasteiger partial charge is 0.356 e. The van der Waals surface area contributed by atoms with Crippen LogP contribution in [0.1, 0.15) is 49.0 Å². The molecule has 2 N–H and O–H groups in total. The average Bonchev–Trinajstić information content (AvgIpc) is 3.03. The first kappa shape index (κ1) is 20.9. The summed E-state index contributed by atoms with van der Waals surface area (Å²) in [5.74, 6) is 1.32. The van der Waals surface area contributed by atoms with Crippen LogP contribution in [0.25, 0.3) is 0 Å². The summed E-state index contributed by atoms with van der Waals surface area (Å²) in [6, 6.07) is 10.6. The maximum atomic E-state index is 4.66. The van der Waals surface area contributed by atoms with Crippen LogP contribution in [0.2, 0.25) is 0 Å². The number of hydrogen-bond donors (Lipinski definition) is 2. The fourth-order valence-electron chi connectivity index (χ4n) is 2.24. The van der Waals surface area contributed by atoms with Crippen molar-refractivity contribution >= 4 is 41.3 Å². The van der Waals surface area contributed by atoms with Crippen molar-refractivity contribution < 1.29 is 0 Å². The van der Waals surface area contributed by atoms with Crippen LogP contribution in [0.5, 0.6) is 0 Å². The molecule has 1 unspecified atom stereocenters. The molecule has 0 aliphatic carbocycles. The third-order valence-corrected chi connectivity index (χ3v) is 4.81. The summed E-state index contributed by atoms with van der Waals surface area (Å²) in [5, 5.41) is 10.1. The first-order chi connectivity index (χ1) is 11.1. The van der Waals surface area contributed by atoms with Gasteiger partial charge in [-0.25, -0.2) is 4.98 Å². The highest BCUT2D eigenvalue weighted by Gasteiger charge is 2.08. The fraction of sp³-hybridized carbons (Fsp3) is 0.444. The predicted octanol–water partition coefficient (Wildman–Crippen LogP) is 4.35. The zero-order valence-corrected chi connectivity index (χ0v) is 17.9. The number of halogens is 1. The molecule has 2 aromatic rings. The van der Waals surface area contributed by atoms with Crippen LogP contribution in [-0.2, 0) is 6.42 Å². The molecule has 6 heteroatoms. The van der Waals surface area contributed by atoms with E-state index in [9.17, 15) is 0 Å². The second kappa shape index (κ2) is 10.7. The lowest BCUT2D eigenvalue weighted by Crippen LogP contribution is -2.39. The molecular formula is C18H27IN4S. The molecule has 1 aromatic heterocycles. The molecule has 0 aliphatic heterocycles. The van der Waals surface area contributed by atoms with Crippen LogP contribution in [-0.4, -0.2) is 24.5 Å². The molecule has 0 radical (unpaired) electrons. The number of nitrogens with zero attached hydrogens (tertiary/aromatic N) is 2. The van der Waals surface area contributed by atoms with Gasteiger partial charge in [0, 0.05) is 31.3 Å². The first-order valence-electron chi connectivity index (χ1n) is 8.06. The molecule has 1 atom stereocenters. The third kappa shape index (κ3) is 6.39. The molecular weight excluding hydrogens is 431 g/mol. The van der Waals surface area contributed by atoms with E-state index in [2.05, 4.69) is 71.0 Å². The first-order valence-corrected chi connectivity index (χ1v) is 8.94. The number of guanidine groups is 1. The number of benzene rings is 1. The summed E-state index contributed by atoms with van der Waals surface area (Å²) in [7, 11) is 1.80. The smallest absolute Gasteiger partial charge is 0.191 e. The van der Waals surface area contributed by atoms with Gasteiger partial charge in [-0.2, -0.15) is 0 Å². The molecule has 0 bridgehead atoms. The van der Waals surface area contributed by atoms with Crippen molar-refractivity contribution in [2.45, 2.75) is 39.2 Å². The van der Waals surface area contributed by atoms with Gasteiger partial charge in [-0.15, -0.1) is 35.3 Å². The normalized spacial score (nSPS) is 12.6. The molecule has 4 nitrogen and oxygen atoms in total. The van der Waals surface area contributed by atoms with Crippen LogP contribution in [0.3, 0.4) is 0 Å². The Bertz CT molecular complexity index is 625. The summed E-state index contributed by atoms with van der Waals surface area (Å²) in [6.45, 7) is 7.31. The summed E-state index contributed by atoms with van der Waals surface area (Å²) < 4.78 is 0. The maximum absolute atomic E-state index is 4.66. The Morgan fingerprint density at radius 1 is 1.21 bits per heavy atom. The molecule has 2 rings (SSSR count). The molecule has 1 heterocycles. The maximum Gasteiger partial charge on any atom is 0.191 e. The fourth-order valence-corrected chi connectivity index (χ4v) is 3.11. The van der Waals surface area contributed by atoms with Gasteiger partial charge in [0.25, 0.3) is 0 Å². The van der Waals surface area contributed by atoms with Gasteiger partial charge < -0.3 is 10.6 Å². The van der Waals surface area contributed by atoms with Gasteiger partial charge in [-0.3, -0.25) is 4.99 Å². The van der Waals surface area contributed by atoms with Crippen molar-refractivity contribution in [3.05, 3.63) is 52.0 Å². The Morgan fingerprint density at radius 2 is 1.92 bits per heavy atom. The number of aliphatic imine (C=N–C) groups is 1. The molecule has 0 fully saturated rings. The van der Waals surface area contributed by atoms with E-state index in [0.29, 0.717) is 5.92 Å². The zero-order chi connectivity index (χ0) is 16.7. The van der Waals surface area contributed by atoms with Crippen LogP contribution in [0, 0.1) is 0 Å². The third-order valence-electron chi connectivity index (χ3n) is 3.61. The molecule has 0 aliphatic rings. The second-order valence-electron chi connectivity index (χ2n) is 5.86. The van der Waals surface area contributed by atoms with Crippen LogP contribution < -0.4 is 10.6 Å². The number of thiazole rings is 1. The van der Waals surface area contributed by atoms with E-state index in [1.165, 1.54) is 10.6 Å². The van der Waals surface area contributed by atoms with E-state index in [-0.39, 0.29) is 30.0 Å². The quantitative estimate of drug-likeness (QED) is 0.385. The highest BCUT2D eigenvalue weighted by Crippen LogP contribution is 2.19. The Morgan fingerprint density at radius 3 is 2.50 bits per heavy atom. The molecule has 132 valence electrons. The average molecular weight is 458 g/mol. The lowest BCUT2D eigenvalue weighted by molar-refractivity contribution is 0.683. The van der Waals surface area contributed by atoms with E-state index in [0.717, 1.165) is 24.6 Å². The molecule has 0 amide bonds.